The van der Waals surface area contributed by atoms with E-state index in [2.05, 4.69) is 29.4 Å². The summed E-state index contributed by atoms with van der Waals surface area (Å²) in [4.78, 5) is 4.51. The molecule has 4 heteroatoms. The number of hydrogen-bond acceptors (Lipinski definition) is 3. The van der Waals surface area contributed by atoms with Crippen molar-refractivity contribution in [2.75, 3.05) is 11.9 Å². The molecule has 112 valence electrons. The maximum Gasteiger partial charge on any atom is 0.126 e. The number of ether oxygens (including phenoxy) is 1. The third-order valence-electron chi connectivity index (χ3n) is 3.21. The summed E-state index contributed by atoms with van der Waals surface area (Å²) in [6.45, 7) is 5.45. The fourth-order valence-corrected chi connectivity index (χ4v) is 2.12. The van der Waals surface area contributed by atoms with Gasteiger partial charge in [0, 0.05) is 6.54 Å². The Hall–Kier alpha value is -1.58. The topological polar surface area (TPSA) is 34.1 Å². The molecule has 0 fully saturated rings. The van der Waals surface area contributed by atoms with Gasteiger partial charge in [0.1, 0.15) is 5.82 Å². The van der Waals surface area contributed by atoms with Gasteiger partial charge in [-0.1, -0.05) is 48.9 Å². The van der Waals surface area contributed by atoms with Crippen molar-refractivity contribution >= 4 is 17.4 Å². The van der Waals surface area contributed by atoms with Gasteiger partial charge in [-0.25, -0.2) is 4.98 Å². The first-order chi connectivity index (χ1) is 10.2. The molecule has 1 aromatic heterocycles. The van der Waals surface area contributed by atoms with Crippen molar-refractivity contribution in [2.45, 2.75) is 33.0 Å². The molecule has 0 spiro atoms. The van der Waals surface area contributed by atoms with E-state index in [0.717, 1.165) is 30.0 Å². The molecule has 0 aliphatic carbocycles. The predicted molar refractivity (Wildman–Crippen MR) is 87.7 cm³/mol. The van der Waals surface area contributed by atoms with Crippen molar-refractivity contribution in [1.82, 2.24) is 4.98 Å². The summed E-state index contributed by atoms with van der Waals surface area (Å²) in [7, 11) is 0. The monoisotopic (exact) mass is 304 g/mol. The molecular weight excluding hydrogens is 284 g/mol. The number of nitrogens with zero attached hydrogens (tertiary/aromatic N) is 1. The largest absolute Gasteiger partial charge is 0.370 e. The smallest absolute Gasteiger partial charge is 0.126 e. The van der Waals surface area contributed by atoms with E-state index in [9.17, 15) is 0 Å². The van der Waals surface area contributed by atoms with Crippen LogP contribution in [0.2, 0.25) is 5.02 Å². The highest BCUT2D eigenvalue weighted by Gasteiger charge is 2.09. The van der Waals surface area contributed by atoms with E-state index in [4.69, 9.17) is 16.3 Å². The highest BCUT2D eigenvalue weighted by atomic mass is 35.5. The average molecular weight is 305 g/mol. The molecule has 1 unspecified atom stereocenters. The van der Waals surface area contributed by atoms with E-state index in [0.29, 0.717) is 11.6 Å². The second kappa shape index (κ2) is 8.01. The molecule has 21 heavy (non-hydrogen) atoms. The molecule has 0 aliphatic rings. The Bertz CT molecular complexity index is 560. The highest BCUT2D eigenvalue weighted by Crippen LogP contribution is 2.22. The molecule has 1 N–H and O–H groups in total. The van der Waals surface area contributed by atoms with Gasteiger partial charge in [0.15, 0.2) is 0 Å². The Balaban J connectivity index is 1.99. The number of hydrogen-bond donors (Lipinski definition) is 1. The fraction of sp³-hybridized carbons (Fsp3) is 0.353. The SMILES string of the molecule is CCCNc1ccc(Cl)c(COC(C)c2ccccc2)n1. The van der Waals surface area contributed by atoms with Gasteiger partial charge in [-0.3, -0.25) is 0 Å². The maximum atomic E-state index is 6.19. The zero-order valence-electron chi connectivity index (χ0n) is 12.5. The summed E-state index contributed by atoms with van der Waals surface area (Å²) in [5, 5.41) is 3.89. The Labute approximate surface area is 131 Å². The van der Waals surface area contributed by atoms with Gasteiger partial charge in [-0.15, -0.1) is 0 Å². The van der Waals surface area contributed by atoms with Crippen molar-refractivity contribution in [1.29, 1.82) is 0 Å². The van der Waals surface area contributed by atoms with Crippen LogP contribution in [0.5, 0.6) is 0 Å². The van der Waals surface area contributed by atoms with E-state index < -0.39 is 0 Å². The third kappa shape index (κ3) is 4.73. The molecule has 0 saturated heterocycles. The molecule has 2 rings (SSSR count). The fourth-order valence-electron chi connectivity index (χ4n) is 1.96. The van der Waals surface area contributed by atoms with Gasteiger partial charge in [0.25, 0.3) is 0 Å². The van der Waals surface area contributed by atoms with E-state index in [1.165, 1.54) is 0 Å². The van der Waals surface area contributed by atoms with Crippen LogP contribution >= 0.6 is 11.6 Å². The molecule has 1 heterocycles. The lowest BCUT2D eigenvalue weighted by molar-refractivity contribution is 0.0506. The highest BCUT2D eigenvalue weighted by molar-refractivity contribution is 6.31. The van der Waals surface area contributed by atoms with Crippen molar-refractivity contribution in [3.05, 3.63) is 58.7 Å². The first-order valence-electron chi connectivity index (χ1n) is 7.26. The summed E-state index contributed by atoms with van der Waals surface area (Å²) in [6.07, 6.45) is 1.07. The molecular formula is C17H21ClN2O. The number of halogens is 1. The van der Waals surface area contributed by atoms with Crippen molar-refractivity contribution in [3.63, 3.8) is 0 Å². The Morgan fingerprint density at radius 2 is 1.95 bits per heavy atom. The van der Waals surface area contributed by atoms with Crippen LogP contribution in [0.4, 0.5) is 5.82 Å². The predicted octanol–water partition coefficient (Wildman–Crippen LogP) is 4.83. The van der Waals surface area contributed by atoms with Crippen LogP contribution in [0.3, 0.4) is 0 Å². The summed E-state index contributed by atoms with van der Waals surface area (Å²) in [5.41, 5.74) is 1.91. The van der Waals surface area contributed by atoms with Gasteiger partial charge in [0.05, 0.1) is 23.4 Å². The molecule has 1 aromatic carbocycles. The lowest BCUT2D eigenvalue weighted by atomic mass is 10.1. The second-order valence-electron chi connectivity index (χ2n) is 4.92. The van der Waals surface area contributed by atoms with Crippen LogP contribution in [-0.2, 0) is 11.3 Å². The molecule has 0 aliphatic heterocycles. The van der Waals surface area contributed by atoms with Gasteiger partial charge in [-0.05, 0) is 31.0 Å². The molecule has 0 amide bonds. The van der Waals surface area contributed by atoms with Crippen molar-refractivity contribution in [3.8, 4) is 0 Å². The second-order valence-corrected chi connectivity index (χ2v) is 5.32. The number of rotatable bonds is 7. The minimum Gasteiger partial charge on any atom is -0.370 e. The number of benzene rings is 1. The summed E-state index contributed by atoms with van der Waals surface area (Å²) < 4.78 is 5.88. The summed E-state index contributed by atoms with van der Waals surface area (Å²) in [6, 6.07) is 13.9. The molecule has 1 atom stereocenters. The third-order valence-corrected chi connectivity index (χ3v) is 3.56. The van der Waals surface area contributed by atoms with E-state index in [-0.39, 0.29) is 6.10 Å². The van der Waals surface area contributed by atoms with Gasteiger partial charge < -0.3 is 10.1 Å². The van der Waals surface area contributed by atoms with Crippen molar-refractivity contribution in [2.24, 2.45) is 0 Å². The molecule has 0 radical (unpaired) electrons. The van der Waals surface area contributed by atoms with Gasteiger partial charge in [0.2, 0.25) is 0 Å². The first-order valence-corrected chi connectivity index (χ1v) is 7.64. The molecule has 2 aromatic rings. The molecule has 3 nitrogen and oxygen atoms in total. The Kier molecular flexibility index (Phi) is 6.03. The Morgan fingerprint density at radius 1 is 1.19 bits per heavy atom. The zero-order valence-corrected chi connectivity index (χ0v) is 13.2. The van der Waals surface area contributed by atoms with Crippen molar-refractivity contribution < 1.29 is 4.74 Å². The summed E-state index contributed by atoms with van der Waals surface area (Å²) in [5.74, 6) is 0.840. The number of pyridine rings is 1. The standard InChI is InChI=1S/C17H21ClN2O/c1-3-11-19-17-10-9-15(18)16(20-17)12-21-13(2)14-7-5-4-6-8-14/h4-10,13H,3,11-12H2,1-2H3,(H,19,20). The van der Waals surface area contributed by atoms with E-state index in [1.807, 2.05) is 37.3 Å². The molecule has 0 saturated carbocycles. The lowest BCUT2D eigenvalue weighted by Gasteiger charge is -2.14. The van der Waals surface area contributed by atoms with E-state index in [1.54, 1.807) is 0 Å². The summed E-state index contributed by atoms with van der Waals surface area (Å²) >= 11 is 6.19. The van der Waals surface area contributed by atoms with Crippen LogP contribution in [-0.4, -0.2) is 11.5 Å². The van der Waals surface area contributed by atoms with Crippen LogP contribution < -0.4 is 5.32 Å². The number of aromatic nitrogens is 1. The van der Waals surface area contributed by atoms with Crippen LogP contribution in [0.15, 0.2) is 42.5 Å². The Morgan fingerprint density at radius 3 is 2.67 bits per heavy atom. The zero-order chi connectivity index (χ0) is 15.1. The molecule has 0 bridgehead atoms. The van der Waals surface area contributed by atoms with Gasteiger partial charge >= 0.3 is 0 Å². The minimum absolute atomic E-state index is 0.0105. The van der Waals surface area contributed by atoms with Crippen LogP contribution in [0, 0.1) is 0 Å². The van der Waals surface area contributed by atoms with Crippen LogP contribution in [0.1, 0.15) is 37.6 Å². The average Bonchev–Trinajstić information content (AvgIpc) is 2.53. The quantitative estimate of drug-likeness (QED) is 0.795. The normalized spacial score (nSPS) is 12.1. The number of nitrogens with one attached hydrogen (secondary N) is 1. The number of anilines is 1. The minimum atomic E-state index is 0.0105. The maximum absolute atomic E-state index is 6.19. The van der Waals surface area contributed by atoms with E-state index >= 15 is 0 Å². The lowest BCUT2D eigenvalue weighted by Crippen LogP contribution is -2.06. The first kappa shape index (κ1) is 15.8. The van der Waals surface area contributed by atoms with Crippen LogP contribution in [0.25, 0.3) is 0 Å². The van der Waals surface area contributed by atoms with Gasteiger partial charge in [-0.2, -0.15) is 0 Å².